The van der Waals surface area contributed by atoms with Crippen LogP contribution in [0.2, 0.25) is 0 Å². The number of fused-ring (bicyclic) bond motifs is 2. The van der Waals surface area contributed by atoms with Gasteiger partial charge < -0.3 is 14.0 Å². The minimum absolute atomic E-state index is 0.139. The maximum Gasteiger partial charge on any atom is 0.273 e. The number of carbonyl (C=O) groups excluding carboxylic acids is 1. The maximum atomic E-state index is 13.8. The lowest BCUT2D eigenvalue weighted by molar-refractivity contribution is -0.130. The molecule has 0 saturated heterocycles. The van der Waals surface area contributed by atoms with Crippen molar-refractivity contribution in [2.24, 2.45) is 0 Å². The molecule has 0 radical (unpaired) electrons. The Balaban J connectivity index is 1.45. The lowest BCUT2D eigenvalue weighted by Crippen LogP contribution is -2.51. The van der Waals surface area contributed by atoms with Crippen molar-refractivity contribution in [2.45, 2.75) is 45.4 Å². The van der Waals surface area contributed by atoms with Crippen LogP contribution in [0.5, 0.6) is 11.5 Å². The summed E-state index contributed by atoms with van der Waals surface area (Å²) in [5.74, 6) is 1.11. The molecule has 0 fully saturated rings. The predicted octanol–water partition coefficient (Wildman–Crippen LogP) is 4.71. The zero-order chi connectivity index (χ0) is 22.8. The number of amides is 1. The van der Waals surface area contributed by atoms with Crippen molar-refractivity contribution in [1.29, 1.82) is 0 Å². The molecule has 0 saturated carbocycles. The number of imidazole rings is 1. The molecular formula is C25H26N4O3S. The fourth-order valence-corrected chi connectivity index (χ4v) is 5.11. The molecule has 2 aromatic carbocycles. The Morgan fingerprint density at radius 2 is 1.97 bits per heavy atom. The smallest absolute Gasteiger partial charge is 0.273 e. The van der Waals surface area contributed by atoms with Crippen LogP contribution in [-0.4, -0.2) is 39.2 Å². The SMILES string of the molecule is CCc1cccc2sc(N(CCCn3ccnc3)C(=O)C3Oc4ccccc4OC3C)nc12. The molecule has 3 heterocycles. The molecule has 0 aliphatic carbocycles. The minimum atomic E-state index is -0.745. The van der Waals surface area contributed by atoms with Gasteiger partial charge in [-0.05, 0) is 43.5 Å². The van der Waals surface area contributed by atoms with Crippen LogP contribution < -0.4 is 14.4 Å². The van der Waals surface area contributed by atoms with Crippen LogP contribution >= 0.6 is 11.3 Å². The predicted molar refractivity (Wildman–Crippen MR) is 129 cm³/mol. The van der Waals surface area contributed by atoms with Crippen LogP contribution in [0, 0.1) is 0 Å². The topological polar surface area (TPSA) is 69.5 Å². The third-order valence-corrected chi connectivity index (χ3v) is 6.86. The molecule has 5 rings (SSSR count). The number of aryl methyl sites for hydroxylation is 2. The molecule has 0 N–H and O–H groups in total. The van der Waals surface area contributed by atoms with Gasteiger partial charge >= 0.3 is 0 Å². The lowest BCUT2D eigenvalue weighted by atomic mass is 10.1. The van der Waals surface area contributed by atoms with Gasteiger partial charge in [0.15, 0.2) is 16.6 Å². The molecule has 0 bridgehead atoms. The van der Waals surface area contributed by atoms with Gasteiger partial charge in [-0.15, -0.1) is 0 Å². The van der Waals surface area contributed by atoms with Crippen molar-refractivity contribution in [3.8, 4) is 11.5 Å². The average molecular weight is 463 g/mol. The molecular weight excluding hydrogens is 436 g/mol. The average Bonchev–Trinajstić information content (AvgIpc) is 3.50. The van der Waals surface area contributed by atoms with E-state index < -0.39 is 12.2 Å². The highest BCUT2D eigenvalue weighted by Gasteiger charge is 2.38. The summed E-state index contributed by atoms with van der Waals surface area (Å²) in [5.41, 5.74) is 2.15. The van der Waals surface area contributed by atoms with E-state index in [2.05, 4.69) is 24.0 Å². The summed E-state index contributed by atoms with van der Waals surface area (Å²) in [6.07, 6.45) is 5.97. The van der Waals surface area contributed by atoms with Crippen LogP contribution in [0.25, 0.3) is 10.2 Å². The number of carbonyl (C=O) groups is 1. The third-order valence-electron chi connectivity index (χ3n) is 5.81. The second kappa shape index (κ2) is 9.23. The van der Waals surface area contributed by atoms with Crippen molar-refractivity contribution in [3.63, 3.8) is 0 Å². The van der Waals surface area contributed by atoms with E-state index in [0.717, 1.165) is 29.6 Å². The van der Waals surface area contributed by atoms with E-state index in [9.17, 15) is 4.79 Å². The van der Waals surface area contributed by atoms with Crippen molar-refractivity contribution >= 4 is 32.6 Å². The molecule has 7 nitrogen and oxygen atoms in total. The van der Waals surface area contributed by atoms with Crippen molar-refractivity contribution in [2.75, 3.05) is 11.4 Å². The highest BCUT2D eigenvalue weighted by atomic mass is 32.1. The van der Waals surface area contributed by atoms with Crippen LogP contribution in [0.1, 0.15) is 25.8 Å². The lowest BCUT2D eigenvalue weighted by Gasteiger charge is -2.33. The number of ether oxygens (including phenoxy) is 2. The number of para-hydroxylation sites is 3. The zero-order valence-electron chi connectivity index (χ0n) is 18.7. The first kappa shape index (κ1) is 21.5. The quantitative estimate of drug-likeness (QED) is 0.398. The van der Waals surface area contributed by atoms with Gasteiger partial charge in [0.1, 0.15) is 6.10 Å². The zero-order valence-corrected chi connectivity index (χ0v) is 19.5. The Hall–Kier alpha value is -3.39. The summed E-state index contributed by atoms with van der Waals surface area (Å²) in [7, 11) is 0. The number of thiazole rings is 1. The third kappa shape index (κ3) is 4.30. The number of rotatable bonds is 7. The fraction of sp³-hybridized carbons (Fsp3) is 0.320. The molecule has 1 aliphatic rings. The van der Waals surface area contributed by atoms with E-state index in [4.69, 9.17) is 14.5 Å². The van der Waals surface area contributed by atoms with Gasteiger partial charge in [0, 0.05) is 25.5 Å². The first-order valence-corrected chi connectivity index (χ1v) is 12.0. The van der Waals surface area contributed by atoms with Gasteiger partial charge in [-0.2, -0.15) is 0 Å². The fourth-order valence-electron chi connectivity index (χ4n) is 4.07. The molecule has 0 spiro atoms. The summed E-state index contributed by atoms with van der Waals surface area (Å²) in [6.45, 7) is 5.27. The number of anilines is 1. The van der Waals surface area contributed by atoms with Gasteiger partial charge in [-0.25, -0.2) is 9.97 Å². The molecule has 2 atom stereocenters. The summed E-state index contributed by atoms with van der Waals surface area (Å²) in [6, 6.07) is 13.7. The molecule has 1 amide bonds. The number of hydrogen-bond donors (Lipinski definition) is 0. The van der Waals surface area contributed by atoms with E-state index in [-0.39, 0.29) is 5.91 Å². The number of aromatic nitrogens is 3. The van der Waals surface area contributed by atoms with Gasteiger partial charge in [0.2, 0.25) is 6.10 Å². The van der Waals surface area contributed by atoms with Crippen LogP contribution in [-0.2, 0) is 17.8 Å². The number of hydrogen-bond acceptors (Lipinski definition) is 6. The highest BCUT2D eigenvalue weighted by molar-refractivity contribution is 7.22. The van der Waals surface area contributed by atoms with E-state index in [1.165, 1.54) is 5.56 Å². The van der Waals surface area contributed by atoms with Crippen LogP contribution in [0.4, 0.5) is 5.13 Å². The molecule has 33 heavy (non-hydrogen) atoms. The van der Waals surface area contributed by atoms with E-state index >= 15 is 0 Å². The second-order valence-electron chi connectivity index (χ2n) is 8.07. The Bertz CT molecular complexity index is 1250. The van der Waals surface area contributed by atoms with Crippen LogP contribution in [0.15, 0.2) is 61.2 Å². The molecule has 170 valence electrons. The maximum absolute atomic E-state index is 13.8. The number of nitrogens with zero attached hydrogens (tertiary/aromatic N) is 4. The van der Waals surface area contributed by atoms with Crippen molar-refractivity contribution in [1.82, 2.24) is 14.5 Å². The van der Waals surface area contributed by atoms with E-state index in [1.54, 1.807) is 28.8 Å². The Morgan fingerprint density at radius 3 is 2.73 bits per heavy atom. The first-order chi connectivity index (χ1) is 16.1. The van der Waals surface area contributed by atoms with Gasteiger partial charge in [-0.1, -0.05) is 42.5 Å². The molecule has 2 unspecified atom stereocenters. The first-order valence-electron chi connectivity index (χ1n) is 11.2. The highest BCUT2D eigenvalue weighted by Crippen LogP contribution is 2.36. The van der Waals surface area contributed by atoms with Crippen molar-refractivity contribution < 1.29 is 14.3 Å². The number of benzene rings is 2. The van der Waals surface area contributed by atoms with Gasteiger partial charge in [0.25, 0.3) is 5.91 Å². The minimum Gasteiger partial charge on any atom is -0.482 e. The molecule has 2 aromatic heterocycles. The Morgan fingerprint density at radius 1 is 1.15 bits per heavy atom. The summed E-state index contributed by atoms with van der Waals surface area (Å²) >= 11 is 1.54. The molecule has 4 aromatic rings. The second-order valence-corrected chi connectivity index (χ2v) is 9.08. The standard InChI is InChI=1S/C25H26N4O3S/c1-3-18-8-6-11-21-22(18)27-25(33-21)29(14-7-13-28-15-12-26-16-28)24(30)23-17(2)31-19-9-4-5-10-20(19)32-23/h4-6,8-12,15-17,23H,3,7,13-14H2,1-2H3. The largest absolute Gasteiger partial charge is 0.482 e. The monoisotopic (exact) mass is 462 g/mol. The Labute approximate surface area is 196 Å². The van der Waals surface area contributed by atoms with Crippen LogP contribution in [0.3, 0.4) is 0 Å². The summed E-state index contributed by atoms with van der Waals surface area (Å²) in [5, 5.41) is 0.691. The van der Waals surface area contributed by atoms with E-state index in [0.29, 0.717) is 23.2 Å². The molecule has 8 heteroatoms. The summed E-state index contributed by atoms with van der Waals surface area (Å²) < 4.78 is 15.2. The normalized spacial score (nSPS) is 17.3. The summed E-state index contributed by atoms with van der Waals surface area (Å²) in [4.78, 5) is 24.6. The van der Waals surface area contributed by atoms with Crippen molar-refractivity contribution in [3.05, 3.63) is 66.7 Å². The van der Waals surface area contributed by atoms with Gasteiger partial charge in [-0.3, -0.25) is 9.69 Å². The van der Waals surface area contributed by atoms with Gasteiger partial charge in [0.05, 0.1) is 16.5 Å². The Kier molecular flexibility index (Phi) is 6.00. The van der Waals surface area contributed by atoms with E-state index in [1.807, 2.05) is 48.0 Å². The molecule has 1 aliphatic heterocycles.